The van der Waals surface area contributed by atoms with Gasteiger partial charge in [0.1, 0.15) is 0 Å². The van der Waals surface area contributed by atoms with E-state index >= 15 is 0 Å². The number of aryl methyl sites for hydroxylation is 1. The average molecular weight is 378 g/mol. The summed E-state index contributed by atoms with van der Waals surface area (Å²) in [6.07, 6.45) is 3.34. The van der Waals surface area contributed by atoms with Crippen LogP contribution in [0.5, 0.6) is 0 Å². The van der Waals surface area contributed by atoms with Gasteiger partial charge >= 0.3 is 0 Å². The van der Waals surface area contributed by atoms with Gasteiger partial charge < -0.3 is 15.8 Å². The summed E-state index contributed by atoms with van der Waals surface area (Å²) in [7, 11) is 0. The average Bonchev–Trinajstić information content (AvgIpc) is 2.55. The molecule has 1 aliphatic heterocycles. The summed E-state index contributed by atoms with van der Waals surface area (Å²) >= 11 is 0. The summed E-state index contributed by atoms with van der Waals surface area (Å²) in [5, 5.41) is 2.99. The molecule has 1 aromatic carbocycles. The van der Waals surface area contributed by atoms with Gasteiger partial charge in [-0.15, -0.1) is 24.8 Å². The minimum Gasteiger partial charge on any atom is -0.399 e. The van der Waals surface area contributed by atoms with Crippen molar-refractivity contribution < 1.29 is 9.53 Å². The number of hydrogen-bond donors (Lipinski definition) is 2. The molecule has 1 aromatic rings. The third-order valence-electron chi connectivity index (χ3n) is 4.00. The van der Waals surface area contributed by atoms with Gasteiger partial charge in [-0.05, 0) is 37.4 Å². The van der Waals surface area contributed by atoms with Gasteiger partial charge in [-0.2, -0.15) is 0 Å². The Kier molecular flexibility index (Phi) is 12.7. The zero-order valence-corrected chi connectivity index (χ0v) is 15.7. The predicted octanol–water partition coefficient (Wildman–Crippen LogP) is 2.27. The third-order valence-corrected chi connectivity index (χ3v) is 4.00. The second-order valence-electron chi connectivity index (χ2n) is 5.71. The molecule has 0 saturated carbocycles. The molecule has 5 nitrogen and oxygen atoms in total. The first-order chi connectivity index (χ1) is 10.8. The summed E-state index contributed by atoms with van der Waals surface area (Å²) in [5.41, 5.74) is 7.68. The lowest BCUT2D eigenvalue weighted by molar-refractivity contribution is -0.121. The molecule has 1 amide bonds. The quantitative estimate of drug-likeness (QED) is 0.538. The maximum Gasteiger partial charge on any atom is 0.220 e. The summed E-state index contributed by atoms with van der Waals surface area (Å²) in [4.78, 5) is 14.2. The molecule has 3 N–H and O–H groups in total. The van der Waals surface area contributed by atoms with E-state index in [1.54, 1.807) is 0 Å². The number of morpholine rings is 1. The predicted molar refractivity (Wildman–Crippen MR) is 103 cm³/mol. The number of hydrogen-bond acceptors (Lipinski definition) is 4. The SMILES string of the molecule is Cl.Cl.Nc1ccccc1CCC(=O)NCCCCN1CCOCC1. The van der Waals surface area contributed by atoms with Crippen molar-refractivity contribution >= 4 is 36.4 Å². The highest BCUT2D eigenvalue weighted by molar-refractivity contribution is 5.85. The van der Waals surface area contributed by atoms with E-state index in [-0.39, 0.29) is 30.7 Å². The molecule has 1 heterocycles. The maximum atomic E-state index is 11.8. The molecule has 138 valence electrons. The Balaban J connectivity index is 0.00000264. The molecule has 0 radical (unpaired) electrons. The van der Waals surface area contributed by atoms with E-state index < -0.39 is 0 Å². The number of nitrogens with two attached hydrogens (primary N) is 1. The molecule has 24 heavy (non-hydrogen) atoms. The highest BCUT2D eigenvalue weighted by atomic mass is 35.5. The van der Waals surface area contributed by atoms with Gasteiger partial charge in [0.05, 0.1) is 13.2 Å². The lowest BCUT2D eigenvalue weighted by Gasteiger charge is -2.26. The molecule has 0 bridgehead atoms. The molecule has 0 aromatic heterocycles. The summed E-state index contributed by atoms with van der Waals surface area (Å²) in [6.45, 7) is 5.61. The number of ether oxygens (including phenoxy) is 1. The number of nitrogens with one attached hydrogen (secondary N) is 1. The van der Waals surface area contributed by atoms with Crippen LogP contribution in [0.25, 0.3) is 0 Å². The van der Waals surface area contributed by atoms with Crippen molar-refractivity contribution in [2.45, 2.75) is 25.7 Å². The number of para-hydroxylation sites is 1. The topological polar surface area (TPSA) is 67.6 Å². The first-order valence-corrected chi connectivity index (χ1v) is 8.16. The zero-order chi connectivity index (χ0) is 15.6. The molecule has 1 fully saturated rings. The highest BCUT2D eigenvalue weighted by Crippen LogP contribution is 2.12. The Bertz CT molecular complexity index is 469. The first kappa shape index (κ1) is 23.0. The lowest BCUT2D eigenvalue weighted by atomic mass is 10.1. The number of carbonyl (C=O) groups is 1. The van der Waals surface area contributed by atoms with Crippen LogP contribution in [0.15, 0.2) is 24.3 Å². The Hall–Kier alpha value is -1.01. The van der Waals surface area contributed by atoms with E-state index in [0.29, 0.717) is 12.8 Å². The molecule has 2 rings (SSSR count). The van der Waals surface area contributed by atoms with Crippen molar-refractivity contribution in [2.75, 3.05) is 45.1 Å². The second kappa shape index (κ2) is 13.3. The molecule has 0 aliphatic carbocycles. The number of rotatable bonds is 8. The monoisotopic (exact) mass is 377 g/mol. The highest BCUT2D eigenvalue weighted by Gasteiger charge is 2.09. The van der Waals surface area contributed by atoms with Crippen molar-refractivity contribution in [3.63, 3.8) is 0 Å². The van der Waals surface area contributed by atoms with Crippen LogP contribution in [0.4, 0.5) is 5.69 Å². The van der Waals surface area contributed by atoms with Crippen LogP contribution in [-0.2, 0) is 16.0 Å². The van der Waals surface area contributed by atoms with E-state index in [0.717, 1.165) is 63.5 Å². The minimum absolute atomic E-state index is 0. The molecule has 1 aliphatic rings. The Labute approximate surface area is 157 Å². The Morgan fingerprint density at radius 1 is 1.17 bits per heavy atom. The normalized spacial score (nSPS) is 14.3. The van der Waals surface area contributed by atoms with E-state index in [1.807, 2.05) is 24.3 Å². The van der Waals surface area contributed by atoms with E-state index in [4.69, 9.17) is 10.5 Å². The van der Waals surface area contributed by atoms with Crippen molar-refractivity contribution in [1.82, 2.24) is 10.2 Å². The van der Waals surface area contributed by atoms with Crippen molar-refractivity contribution in [3.8, 4) is 0 Å². The summed E-state index contributed by atoms with van der Waals surface area (Å²) in [5.74, 6) is 0.106. The fraction of sp³-hybridized carbons (Fsp3) is 0.588. The van der Waals surface area contributed by atoms with Crippen LogP contribution in [0.3, 0.4) is 0 Å². The zero-order valence-electron chi connectivity index (χ0n) is 14.0. The van der Waals surface area contributed by atoms with Crippen LogP contribution in [-0.4, -0.2) is 50.2 Å². The number of nitrogens with zero attached hydrogens (tertiary/aromatic N) is 1. The van der Waals surface area contributed by atoms with Gasteiger partial charge in [0.2, 0.25) is 5.91 Å². The van der Waals surface area contributed by atoms with Crippen LogP contribution < -0.4 is 11.1 Å². The fourth-order valence-corrected chi connectivity index (χ4v) is 2.61. The standard InChI is InChI=1S/C17H27N3O2.2ClH/c18-16-6-2-1-5-15(16)7-8-17(21)19-9-3-4-10-20-11-13-22-14-12-20;;/h1-2,5-6H,3-4,7-14,18H2,(H,19,21);2*1H. The van der Waals surface area contributed by atoms with Gasteiger partial charge in [-0.1, -0.05) is 18.2 Å². The van der Waals surface area contributed by atoms with Crippen LogP contribution in [0.2, 0.25) is 0 Å². The number of nitrogen functional groups attached to an aromatic ring is 1. The van der Waals surface area contributed by atoms with Crippen LogP contribution >= 0.6 is 24.8 Å². The van der Waals surface area contributed by atoms with Gasteiger partial charge in [-0.3, -0.25) is 9.69 Å². The summed E-state index contributed by atoms with van der Waals surface area (Å²) in [6, 6.07) is 7.71. The van der Waals surface area contributed by atoms with E-state index in [2.05, 4.69) is 10.2 Å². The minimum atomic E-state index is 0. The fourth-order valence-electron chi connectivity index (χ4n) is 2.61. The molecule has 1 saturated heterocycles. The van der Waals surface area contributed by atoms with Gasteiger partial charge in [-0.25, -0.2) is 0 Å². The summed E-state index contributed by atoms with van der Waals surface area (Å²) < 4.78 is 5.32. The van der Waals surface area contributed by atoms with Gasteiger partial charge in [0, 0.05) is 31.7 Å². The van der Waals surface area contributed by atoms with Crippen LogP contribution in [0, 0.1) is 0 Å². The number of amides is 1. The molecule has 7 heteroatoms. The Morgan fingerprint density at radius 2 is 1.88 bits per heavy atom. The molecule has 0 spiro atoms. The number of benzene rings is 1. The number of halogens is 2. The van der Waals surface area contributed by atoms with Crippen molar-refractivity contribution in [2.24, 2.45) is 0 Å². The van der Waals surface area contributed by atoms with Crippen molar-refractivity contribution in [1.29, 1.82) is 0 Å². The lowest BCUT2D eigenvalue weighted by Crippen LogP contribution is -2.37. The van der Waals surface area contributed by atoms with E-state index in [1.165, 1.54) is 0 Å². The first-order valence-electron chi connectivity index (χ1n) is 8.16. The third kappa shape index (κ3) is 8.73. The largest absolute Gasteiger partial charge is 0.399 e. The van der Waals surface area contributed by atoms with E-state index in [9.17, 15) is 4.79 Å². The molecular weight excluding hydrogens is 349 g/mol. The molecule has 0 atom stereocenters. The molecule has 0 unspecified atom stereocenters. The number of unbranched alkanes of at least 4 members (excludes halogenated alkanes) is 1. The van der Waals surface area contributed by atoms with Crippen molar-refractivity contribution in [3.05, 3.63) is 29.8 Å². The van der Waals surface area contributed by atoms with Gasteiger partial charge in [0.15, 0.2) is 0 Å². The second-order valence-corrected chi connectivity index (χ2v) is 5.71. The molecular formula is C17H29Cl2N3O2. The van der Waals surface area contributed by atoms with Crippen LogP contribution in [0.1, 0.15) is 24.8 Å². The van der Waals surface area contributed by atoms with Gasteiger partial charge in [0.25, 0.3) is 0 Å². The maximum absolute atomic E-state index is 11.8. The smallest absolute Gasteiger partial charge is 0.220 e. The number of carbonyl (C=O) groups excluding carboxylic acids is 1. The number of anilines is 1. The Morgan fingerprint density at radius 3 is 2.58 bits per heavy atom.